The molecule has 6 nitrogen and oxygen atoms in total. The fourth-order valence-electron chi connectivity index (χ4n) is 1.23. The molecule has 0 bridgehead atoms. The number of anilines is 1. The molecule has 0 radical (unpaired) electrons. The molecule has 90 valence electrons. The minimum absolute atomic E-state index is 0.0172. The lowest BCUT2D eigenvalue weighted by atomic mass is 10.4. The number of thiazole rings is 1. The third kappa shape index (κ3) is 3.76. The first-order valence-electron chi connectivity index (χ1n) is 5.03. The largest absolute Gasteiger partial charge is 0.358 e. The van der Waals surface area contributed by atoms with Crippen LogP contribution in [0.3, 0.4) is 0 Å². The van der Waals surface area contributed by atoms with Crippen LogP contribution in [-0.4, -0.2) is 35.9 Å². The lowest BCUT2D eigenvalue weighted by Crippen LogP contribution is -2.34. The van der Waals surface area contributed by atoms with Crippen molar-refractivity contribution in [1.82, 2.24) is 15.2 Å². The number of amides is 1. The van der Waals surface area contributed by atoms with Gasteiger partial charge in [0.15, 0.2) is 5.13 Å². The van der Waals surface area contributed by atoms with Gasteiger partial charge in [0, 0.05) is 24.7 Å². The highest BCUT2D eigenvalue weighted by molar-refractivity contribution is 7.15. The van der Waals surface area contributed by atoms with Gasteiger partial charge in [-0.1, -0.05) is 18.3 Å². The number of nitrogens with one attached hydrogen (secondary N) is 2. The first kappa shape index (κ1) is 12.9. The molecule has 0 fully saturated rings. The molecule has 0 aliphatic rings. The van der Waals surface area contributed by atoms with Crippen molar-refractivity contribution in [2.24, 2.45) is 5.84 Å². The Kier molecular flexibility index (Phi) is 5.17. The topological polar surface area (TPSA) is 83.3 Å². The Morgan fingerprint density at radius 3 is 2.94 bits per heavy atom. The Labute approximate surface area is 98.8 Å². The van der Waals surface area contributed by atoms with Gasteiger partial charge >= 0.3 is 0 Å². The van der Waals surface area contributed by atoms with Gasteiger partial charge < -0.3 is 5.32 Å². The Hall–Kier alpha value is -1.18. The molecule has 0 spiro atoms. The van der Waals surface area contributed by atoms with E-state index in [0.29, 0.717) is 18.2 Å². The average molecular weight is 243 g/mol. The number of nitrogens with zero attached hydrogens (tertiary/aromatic N) is 2. The molecular weight excluding hydrogens is 226 g/mol. The molecule has 4 N–H and O–H groups in total. The van der Waals surface area contributed by atoms with Gasteiger partial charge in [-0.25, -0.2) is 10.8 Å². The van der Waals surface area contributed by atoms with Crippen LogP contribution in [0.1, 0.15) is 11.8 Å². The van der Waals surface area contributed by atoms with Crippen molar-refractivity contribution in [3.63, 3.8) is 0 Å². The summed E-state index contributed by atoms with van der Waals surface area (Å²) in [5.74, 6) is 5.27. The number of nitrogen functional groups attached to an aromatic ring is 1. The number of likely N-dealkylation sites (N-methyl/N-ethyl adjacent to an activating group) is 2. The SMILES string of the molecule is CCN(CC(=O)NC)Cc1cnc(NN)s1. The normalized spacial score (nSPS) is 10.5. The summed E-state index contributed by atoms with van der Waals surface area (Å²) < 4.78 is 0. The van der Waals surface area contributed by atoms with E-state index in [4.69, 9.17) is 5.84 Å². The van der Waals surface area contributed by atoms with Crippen molar-refractivity contribution in [3.8, 4) is 0 Å². The third-order valence-electron chi connectivity index (χ3n) is 2.15. The van der Waals surface area contributed by atoms with Crippen molar-refractivity contribution >= 4 is 22.4 Å². The van der Waals surface area contributed by atoms with E-state index in [1.54, 1.807) is 13.2 Å². The van der Waals surface area contributed by atoms with Crippen LogP contribution in [0.15, 0.2) is 6.20 Å². The lowest BCUT2D eigenvalue weighted by molar-refractivity contribution is -0.121. The highest BCUT2D eigenvalue weighted by atomic mass is 32.1. The van der Waals surface area contributed by atoms with E-state index >= 15 is 0 Å². The van der Waals surface area contributed by atoms with Gasteiger partial charge in [0.05, 0.1) is 6.54 Å². The molecule has 0 aliphatic heterocycles. The second kappa shape index (κ2) is 6.41. The summed E-state index contributed by atoms with van der Waals surface area (Å²) >= 11 is 1.49. The summed E-state index contributed by atoms with van der Waals surface area (Å²) in [6.45, 7) is 3.95. The summed E-state index contributed by atoms with van der Waals surface area (Å²) in [7, 11) is 1.64. The van der Waals surface area contributed by atoms with E-state index in [0.717, 1.165) is 11.4 Å². The standard InChI is InChI=1S/C9H17N5OS/c1-3-14(6-8(15)11-2)5-7-4-12-9(13-10)16-7/h4H,3,5-6,10H2,1-2H3,(H,11,15)(H,12,13). The summed E-state index contributed by atoms with van der Waals surface area (Å²) in [4.78, 5) is 18.4. The Morgan fingerprint density at radius 1 is 1.69 bits per heavy atom. The second-order valence-corrected chi connectivity index (χ2v) is 4.37. The molecule has 0 unspecified atom stereocenters. The molecule has 0 atom stereocenters. The number of nitrogens with two attached hydrogens (primary N) is 1. The van der Waals surface area contributed by atoms with Crippen molar-refractivity contribution in [2.75, 3.05) is 25.6 Å². The molecule has 1 aromatic rings. The number of carbonyl (C=O) groups is 1. The fraction of sp³-hybridized carbons (Fsp3) is 0.556. The fourth-order valence-corrected chi connectivity index (χ4v) is 1.99. The van der Waals surface area contributed by atoms with Gasteiger partial charge in [0.2, 0.25) is 5.91 Å². The first-order valence-corrected chi connectivity index (χ1v) is 5.85. The Bertz CT molecular complexity index is 340. The van der Waals surface area contributed by atoms with Crippen LogP contribution in [-0.2, 0) is 11.3 Å². The molecule has 1 amide bonds. The zero-order valence-corrected chi connectivity index (χ0v) is 10.3. The highest BCUT2D eigenvalue weighted by Gasteiger charge is 2.10. The van der Waals surface area contributed by atoms with E-state index in [9.17, 15) is 4.79 Å². The molecule has 1 rings (SSSR count). The molecule has 0 aliphatic carbocycles. The number of hydrogen-bond acceptors (Lipinski definition) is 6. The first-order chi connectivity index (χ1) is 7.69. The number of rotatable bonds is 6. The monoisotopic (exact) mass is 243 g/mol. The molecule has 0 aromatic carbocycles. The minimum atomic E-state index is 0.0172. The quantitative estimate of drug-likeness (QED) is 0.484. The lowest BCUT2D eigenvalue weighted by Gasteiger charge is -2.17. The average Bonchev–Trinajstić information content (AvgIpc) is 2.75. The van der Waals surface area contributed by atoms with Crippen LogP contribution in [0.5, 0.6) is 0 Å². The summed E-state index contributed by atoms with van der Waals surface area (Å²) in [6, 6.07) is 0. The predicted molar refractivity (Wildman–Crippen MR) is 64.9 cm³/mol. The Morgan fingerprint density at radius 2 is 2.44 bits per heavy atom. The summed E-state index contributed by atoms with van der Waals surface area (Å²) in [5, 5.41) is 3.29. The van der Waals surface area contributed by atoms with E-state index in [1.165, 1.54) is 11.3 Å². The second-order valence-electron chi connectivity index (χ2n) is 3.25. The van der Waals surface area contributed by atoms with Crippen LogP contribution in [0, 0.1) is 0 Å². The van der Waals surface area contributed by atoms with Gasteiger partial charge in [-0.15, -0.1) is 0 Å². The summed E-state index contributed by atoms with van der Waals surface area (Å²) in [5.41, 5.74) is 2.50. The highest BCUT2D eigenvalue weighted by Crippen LogP contribution is 2.18. The number of hydrazine groups is 1. The van der Waals surface area contributed by atoms with Gasteiger partial charge in [-0.05, 0) is 6.54 Å². The maximum absolute atomic E-state index is 11.2. The molecule has 1 aromatic heterocycles. The van der Waals surface area contributed by atoms with Crippen LogP contribution >= 0.6 is 11.3 Å². The van der Waals surface area contributed by atoms with E-state index in [2.05, 4.69) is 15.7 Å². The zero-order valence-electron chi connectivity index (χ0n) is 9.49. The zero-order chi connectivity index (χ0) is 12.0. The van der Waals surface area contributed by atoms with Crippen LogP contribution in [0.2, 0.25) is 0 Å². The maximum atomic E-state index is 11.2. The molecule has 7 heteroatoms. The number of carbonyl (C=O) groups excluding carboxylic acids is 1. The van der Waals surface area contributed by atoms with Crippen molar-refractivity contribution in [1.29, 1.82) is 0 Å². The number of aromatic nitrogens is 1. The van der Waals surface area contributed by atoms with E-state index in [1.807, 2.05) is 11.8 Å². The van der Waals surface area contributed by atoms with Crippen LogP contribution in [0.4, 0.5) is 5.13 Å². The molecule has 0 saturated heterocycles. The third-order valence-corrected chi connectivity index (χ3v) is 3.06. The van der Waals surface area contributed by atoms with Gasteiger partial charge in [-0.2, -0.15) is 0 Å². The molecule has 0 saturated carbocycles. The molecular formula is C9H17N5OS. The van der Waals surface area contributed by atoms with E-state index in [-0.39, 0.29) is 5.91 Å². The van der Waals surface area contributed by atoms with Crippen LogP contribution in [0.25, 0.3) is 0 Å². The van der Waals surface area contributed by atoms with Crippen molar-refractivity contribution < 1.29 is 4.79 Å². The molecule has 1 heterocycles. The van der Waals surface area contributed by atoms with Crippen molar-refractivity contribution in [3.05, 3.63) is 11.1 Å². The van der Waals surface area contributed by atoms with Gasteiger partial charge in [0.1, 0.15) is 0 Å². The van der Waals surface area contributed by atoms with Crippen LogP contribution < -0.4 is 16.6 Å². The Balaban J connectivity index is 2.52. The van der Waals surface area contributed by atoms with E-state index < -0.39 is 0 Å². The predicted octanol–water partition coefficient (Wildman–Crippen LogP) is -0.00340. The van der Waals surface area contributed by atoms with Gasteiger partial charge in [-0.3, -0.25) is 15.1 Å². The number of hydrogen-bond donors (Lipinski definition) is 3. The van der Waals surface area contributed by atoms with Gasteiger partial charge in [0.25, 0.3) is 0 Å². The smallest absolute Gasteiger partial charge is 0.233 e. The van der Waals surface area contributed by atoms with Crippen molar-refractivity contribution in [2.45, 2.75) is 13.5 Å². The molecule has 16 heavy (non-hydrogen) atoms. The minimum Gasteiger partial charge on any atom is -0.358 e. The maximum Gasteiger partial charge on any atom is 0.233 e. The summed E-state index contributed by atoms with van der Waals surface area (Å²) in [6.07, 6.45) is 1.77.